The van der Waals surface area contributed by atoms with Crippen LogP contribution >= 0.6 is 0 Å². The number of nitrogens with zero attached hydrogens (tertiary/aromatic N) is 1. The summed E-state index contributed by atoms with van der Waals surface area (Å²) in [5, 5.41) is 11.4. The number of amides is 1. The molecule has 1 aliphatic heterocycles. The van der Waals surface area contributed by atoms with Gasteiger partial charge in [0.1, 0.15) is 23.0 Å². The Hall–Kier alpha value is -4.26. The Morgan fingerprint density at radius 3 is 2.32 bits per heavy atom. The number of ether oxygens (including phenoxy) is 3. The molecule has 0 radical (unpaired) electrons. The van der Waals surface area contributed by atoms with Crippen LogP contribution in [0.15, 0.2) is 78.4 Å². The van der Waals surface area contributed by atoms with Crippen LogP contribution in [0.5, 0.6) is 17.2 Å². The van der Waals surface area contributed by atoms with E-state index in [1.165, 1.54) is 4.90 Å². The minimum Gasteiger partial charge on any atom is -0.507 e. The highest BCUT2D eigenvalue weighted by Crippen LogP contribution is 2.43. The Morgan fingerprint density at radius 1 is 0.946 bits per heavy atom. The fourth-order valence-electron chi connectivity index (χ4n) is 4.30. The van der Waals surface area contributed by atoms with Gasteiger partial charge in [-0.1, -0.05) is 31.2 Å². The summed E-state index contributed by atoms with van der Waals surface area (Å²) in [5.41, 5.74) is 1.52. The molecule has 192 valence electrons. The van der Waals surface area contributed by atoms with E-state index in [0.29, 0.717) is 40.7 Å². The van der Waals surface area contributed by atoms with Crippen molar-refractivity contribution in [3.05, 3.63) is 89.5 Å². The first-order valence-electron chi connectivity index (χ1n) is 12.3. The molecule has 1 N–H and O–H groups in total. The van der Waals surface area contributed by atoms with E-state index in [9.17, 15) is 14.7 Å². The second-order valence-electron chi connectivity index (χ2n) is 8.98. The molecule has 0 bridgehead atoms. The van der Waals surface area contributed by atoms with Crippen LogP contribution in [0.1, 0.15) is 44.4 Å². The molecule has 1 unspecified atom stereocenters. The maximum Gasteiger partial charge on any atom is 0.300 e. The van der Waals surface area contributed by atoms with Crippen molar-refractivity contribution in [2.24, 2.45) is 0 Å². The lowest BCUT2D eigenvalue weighted by atomic mass is 9.95. The molecule has 3 aromatic carbocycles. The number of hydrogen-bond acceptors (Lipinski definition) is 6. The highest BCUT2D eigenvalue weighted by atomic mass is 16.5. The summed E-state index contributed by atoms with van der Waals surface area (Å²) in [6.45, 7) is 6.35. The van der Waals surface area contributed by atoms with Crippen molar-refractivity contribution >= 4 is 23.1 Å². The molecule has 0 saturated carbocycles. The molecule has 1 aliphatic rings. The lowest BCUT2D eigenvalue weighted by Gasteiger charge is -2.26. The molecule has 7 nitrogen and oxygen atoms in total. The van der Waals surface area contributed by atoms with Gasteiger partial charge in [0.05, 0.1) is 31.4 Å². The average Bonchev–Trinajstić information content (AvgIpc) is 3.17. The molecule has 37 heavy (non-hydrogen) atoms. The Morgan fingerprint density at radius 2 is 1.65 bits per heavy atom. The third-order valence-corrected chi connectivity index (χ3v) is 5.92. The molecule has 1 heterocycles. The van der Waals surface area contributed by atoms with E-state index in [2.05, 4.69) is 0 Å². The van der Waals surface area contributed by atoms with E-state index in [1.54, 1.807) is 61.7 Å². The van der Waals surface area contributed by atoms with Gasteiger partial charge >= 0.3 is 0 Å². The SMILES string of the molecule is CCCOc1cccc(C2/C(=C(/O)c3cccc(OC(C)C)c3)C(=O)C(=O)N2c2ccc(OC)cc2)c1. The summed E-state index contributed by atoms with van der Waals surface area (Å²) in [4.78, 5) is 28.2. The van der Waals surface area contributed by atoms with Crippen molar-refractivity contribution in [1.82, 2.24) is 0 Å². The predicted molar refractivity (Wildman–Crippen MR) is 142 cm³/mol. The standard InChI is InChI=1S/C30H31NO6/c1-5-16-36-24-10-6-8-20(17-24)27-26(28(32)21-9-7-11-25(18-21)37-19(2)3)29(33)30(34)31(27)22-12-14-23(35-4)15-13-22/h6-15,17-19,27,32H,5,16H2,1-4H3/b28-26-. The molecule has 0 aromatic heterocycles. The van der Waals surface area contributed by atoms with Crippen LogP contribution in [-0.4, -0.2) is 36.6 Å². The number of rotatable bonds is 9. The van der Waals surface area contributed by atoms with Crippen LogP contribution in [0.25, 0.3) is 5.76 Å². The van der Waals surface area contributed by atoms with Crippen molar-refractivity contribution in [1.29, 1.82) is 0 Å². The predicted octanol–water partition coefficient (Wildman–Crippen LogP) is 5.90. The molecule has 1 amide bonds. The van der Waals surface area contributed by atoms with Crippen molar-refractivity contribution in [2.75, 3.05) is 18.6 Å². The van der Waals surface area contributed by atoms with Gasteiger partial charge in [-0.3, -0.25) is 14.5 Å². The van der Waals surface area contributed by atoms with Crippen LogP contribution in [0, 0.1) is 0 Å². The third-order valence-electron chi connectivity index (χ3n) is 5.92. The van der Waals surface area contributed by atoms with Crippen molar-refractivity contribution in [3.63, 3.8) is 0 Å². The van der Waals surface area contributed by atoms with Gasteiger partial charge < -0.3 is 19.3 Å². The summed E-state index contributed by atoms with van der Waals surface area (Å²) in [6, 6.07) is 20.1. The molecule has 1 atom stereocenters. The van der Waals surface area contributed by atoms with Gasteiger partial charge in [-0.25, -0.2) is 0 Å². The fourth-order valence-corrected chi connectivity index (χ4v) is 4.30. The van der Waals surface area contributed by atoms with Gasteiger partial charge in [0.2, 0.25) is 0 Å². The van der Waals surface area contributed by atoms with Gasteiger partial charge in [0, 0.05) is 11.3 Å². The smallest absolute Gasteiger partial charge is 0.300 e. The molecule has 1 fully saturated rings. The topological polar surface area (TPSA) is 85.3 Å². The van der Waals surface area contributed by atoms with Crippen LogP contribution in [-0.2, 0) is 9.59 Å². The number of anilines is 1. The molecule has 7 heteroatoms. The first-order valence-corrected chi connectivity index (χ1v) is 12.3. The van der Waals surface area contributed by atoms with E-state index in [-0.39, 0.29) is 17.4 Å². The van der Waals surface area contributed by atoms with Crippen molar-refractivity contribution < 1.29 is 28.9 Å². The Bertz CT molecular complexity index is 1310. The zero-order valence-electron chi connectivity index (χ0n) is 21.4. The maximum atomic E-state index is 13.4. The van der Waals surface area contributed by atoms with E-state index < -0.39 is 17.7 Å². The molecule has 0 spiro atoms. The zero-order chi connectivity index (χ0) is 26.5. The highest BCUT2D eigenvalue weighted by Gasteiger charge is 2.47. The Balaban J connectivity index is 1.88. The number of aliphatic hydroxyl groups is 1. The molecule has 3 aromatic rings. The van der Waals surface area contributed by atoms with Crippen LogP contribution in [0.2, 0.25) is 0 Å². The lowest BCUT2D eigenvalue weighted by molar-refractivity contribution is -0.132. The van der Waals surface area contributed by atoms with Crippen molar-refractivity contribution in [2.45, 2.75) is 39.3 Å². The summed E-state index contributed by atoms with van der Waals surface area (Å²) < 4.78 is 16.8. The number of Topliss-reactive ketones (excluding diaryl/α,β-unsaturated/α-hetero) is 1. The number of carbonyl (C=O) groups is 2. The minimum absolute atomic E-state index is 0.00448. The molecule has 1 saturated heterocycles. The molecular weight excluding hydrogens is 470 g/mol. The number of benzene rings is 3. The first-order chi connectivity index (χ1) is 17.8. The van der Waals surface area contributed by atoms with Crippen molar-refractivity contribution in [3.8, 4) is 17.2 Å². The van der Waals surface area contributed by atoms with E-state index in [4.69, 9.17) is 14.2 Å². The van der Waals surface area contributed by atoms with Crippen LogP contribution < -0.4 is 19.1 Å². The second-order valence-corrected chi connectivity index (χ2v) is 8.98. The molecular formula is C30H31NO6. The largest absolute Gasteiger partial charge is 0.507 e. The number of methoxy groups -OCH3 is 1. The van der Waals surface area contributed by atoms with Gasteiger partial charge in [-0.05, 0) is 74.4 Å². The Labute approximate surface area is 216 Å². The maximum absolute atomic E-state index is 13.4. The monoisotopic (exact) mass is 501 g/mol. The lowest BCUT2D eigenvalue weighted by Crippen LogP contribution is -2.29. The number of hydrogen-bond donors (Lipinski definition) is 1. The summed E-state index contributed by atoms with van der Waals surface area (Å²) >= 11 is 0. The average molecular weight is 502 g/mol. The van der Waals surface area contributed by atoms with Crippen LogP contribution in [0.4, 0.5) is 5.69 Å². The van der Waals surface area contributed by atoms with E-state index in [0.717, 1.165) is 6.42 Å². The zero-order valence-corrected chi connectivity index (χ0v) is 21.4. The highest BCUT2D eigenvalue weighted by molar-refractivity contribution is 6.51. The number of carbonyl (C=O) groups excluding carboxylic acids is 2. The molecule has 0 aliphatic carbocycles. The first kappa shape index (κ1) is 25.8. The normalized spacial score (nSPS) is 16.8. The number of ketones is 1. The van der Waals surface area contributed by atoms with Gasteiger partial charge in [0.25, 0.3) is 11.7 Å². The number of aliphatic hydroxyl groups excluding tert-OH is 1. The fraction of sp³-hybridized carbons (Fsp3) is 0.267. The second kappa shape index (κ2) is 11.2. The quantitative estimate of drug-likeness (QED) is 0.223. The van der Waals surface area contributed by atoms with Gasteiger partial charge in [0.15, 0.2) is 0 Å². The summed E-state index contributed by atoms with van der Waals surface area (Å²) in [5.74, 6) is 0.0174. The van der Waals surface area contributed by atoms with E-state index in [1.807, 2.05) is 39.0 Å². The summed E-state index contributed by atoms with van der Waals surface area (Å²) in [7, 11) is 1.56. The Kier molecular flexibility index (Phi) is 7.82. The van der Waals surface area contributed by atoms with Crippen LogP contribution in [0.3, 0.4) is 0 Å². The minimum atomic E-state index is -0.867. The van der Waals surface area contributed by atoms with E-state index >= 15 is 0 Å². The van der Waals surface area contributed by atoms with Gasteiger partial charge in [-0.2, -0.15) is 0 Å². The third kappa shape index (κ3) is 5.45. The van der Waals surface area contributed by atoms with Gasteiger partial charge in [-0.15, -0.1) is 0 Å². The molecule has 4 rings (SSSR count). The summed E-state index contributed by atoms with van der Waals surface area (Å²) in [6.07, 6.45) is 0.771.